The van der Waals surface area contributed by atoms with Gasteiger partial charge in [0.1, 0.15) is 0 Å². The first-order valence-electron chi connectivity index (χ1n) is 8.44. The van der Waals surface area contributed by atoms with Crippen LogP contribution >= 0.6 is 11.3 Å². The molecule has 1 saturated heterocycles. The Labute approximate surface area is 157 Å². The predicted molar refractivity (Wildman–Crippen MR) is 96.9 cm³/mol. The van der Waals surface area contributed by atoms with Gasteiger partial charge < -0.3 is 4.90 Å². The van der Waals surface area contributed by atoms with E-state index in [2.05, 4.69) is 9.88 Å². The number of carbonyl (C=O) groups is 1. The van der Waals surface area contributed by atoms with Gasteiger partial charge in [0.2, 0.25) is 0 Å². The zero-order chi connectivity index (χ0) is 19.0. The van der Waals surface area contributed by atoms with Crippen LogP contribution < -0.4 is 5.56 Å². The van der Waals surface area contributed by atoms with Crippen molar-refractivity contribution < 1.29 is 13.6 Å². The molecule has 27 heavy (non-hydrogen) atoms. The number of piperazine rings is 1. The molecule has 0 unspecified atom stereocenters. The summed E-state index contributed by atoms with van der Waals surface area (Å²) in [4.78, 5) is 33.4. The molecule has 2 aromatic heterocycles. The van der Waals surface area contributed by atoms with E-state index < -0.39 is 11.6 Å². The van der Waals surface area contributed by atoms with E-state index in [1.54, 1.807) is 11.1 Å². The Morgan fingerprint density at radius 1 is 1.11 bits per heavy atom. The quantitative estimate of drug-likeness (QED) is 0.686. The summed E-state index contributed by atoms with van der Waals surface area (Å²) in [7, 11) is 0. The van der Waals surface area contributed by atoms with Crippen LogP contribution in [-0.4, -0.2) is 51.3 Å². The van der Waals surface area contributed by atoms with Crippen LogP contribution in [0.15, 0.2) is 40.6 Å². The number of benzene rings is 1. The number of rotatable bonds is 3. The number of halogens is 2. The Kier molecular flexibility index (Phi) is 4.71. The third-order valence-corrected chi connectivity index (χ3v) is 5.32. The molecule has 3 aromatic rings. The van der Waals surface area contributed by atoms with Gasteiger partial charge in [-0.05, 0) is 18.2 Å². The summed E-state index contributed by atoms with van der Waals surface area (Å²) in [5.41, 5.74) is 0.728. The van der Waals surface area contributed by atoms with Crippen LogP contribution in [0.2, 0.25) is 0 Å². The molecule has 1 fully saturated rings. The number of thiazole rings is 1. The second-order valence-electron chi connectivity index (χ2n) is 6.34. The Morgan fingerprint density at radius 2 is 1.89 bits per heavy atom. The summed E-state index contributed by atoms with van der Waals surface area (Å²) in [6.45, 7) is 2.69. The summed E-state index contributed by atoms with van der Waals surface area (Å²) in [5.74, 6) is -2.31. The minimum Gasteiger partial charge on any atom is -0.336 e. The van der Waals surface area contributed by atoms with E-state index in [1.807, 2.05) is 5.38 Å². The highest BCUT2D eigenvalue weighted by Gasteiger charge is 2.23. The van der Waals surface area contributed by atoms with E-state index in [0.717, 1.165) is 12.1 Å². The molecule has 0 aliphatic carbocycles. The Balaban J connectivity index is 1.40. The molecular formula is C18H16F2N4O2S. The van der Waals surface area contributed by atoms with Gasteiger partial charge in [-0.3, -0.25) is 18.9 Å². The van der Waals surface area contributed by atoms with Crippen molar-refractivity contribution in [1.82, 2.24) is 19.2 Å². The third kappa shape index (κ3) is 3.60. The van der Waals surface area contributed by atoms with Gasteiger partial charge in [-0.1, -0.05) is 0 Å². The molecule has 1 aliphatic heterocycles. The predicted octanol–water partition coefficient (Wildman–Crippen LogP) is 1.99. The monoisotopic (exact) mass is 390 g/mol. The van der Waals surface area contributed by atoms with Crippen molar-refractivity contribution in [3.05, 3.63) is 69.1 Å². The van der Waals surface area contributed by atoms with Crippen LogP contribution in [-0.2, 0) is 6.54 Å². The van der Waals surface area contributed by atoms with Crippen LogP contribution in [0.1, 0.15) is 16.1 Å². The maximum Gasteiger partial charge on any atom is 0.258 e. The number of hydrogen-bond donors (Lipinski definition) is 0. The SMILES string of the molecule is O=C(c1ccc(F)c(F)c1)N1CCN(Cc2cc(=O)n3ccsc3n2)CC1. The van der Waals surface area contributed by atoms with E-state index in [0.29, 0.717) is 43.4 Å². The van der Waals surface area contributed by atoms with Crippen molar-refractivity contribution in [1.29, 1.82) is 0 Å². The fourth-order valence-corrected chi connectivity index (χ4v) is 3.86. The highest BCUT2D eigenvalue weighted by Crippen LogP contribution is 2.14. The van der Waals surface area contributed by atoms with Gasteiger partial charge in [-0.25, -0.2) is 13.8 Å². The lowest BCUT2D eigenvalue weighted by molar-refractivity contribution is 0.0626. The minimum atomic E-state index is -1.03. The van der Waals surface area contributed by atoms with E-state index in [4.69, 9.17) is 0 Å². The summed E-state index contributed by atoms with van der Waals surface area (Å²) in [5, 5.41) is 1.82. The second-order valence-corrected chi connectivity index (χ2v) is 7.21. The number of amides is 1. The first-order chi connectivity index (χ1) is 13.0. The zero-order valence-corrected chi connectivity index (χ0v) is 15.1. The molecule has 6 nitrogen and oxygen atoms in total. The molecule has 1 aliphatic rings. The second kappa shape index (κ2) is 7.16. The van der Waals surface area contributed by atoms with Crippen molar-refractivity contribution in [2.45, 2.75) is 6.54 Å². The van der Waals surface area contributed by atoms with E-state index in [9.17, 15) is 18.4 Å². The summed E-state index contributed by atoms with van der Waals surface area (Å²) >= 11 is 1.40. The number of aromatic nitrogens is 2. The zero-order valence-electron chi connectivity index (χ0n) is 14.3. The molecule has 1 amide bonds. The first kappa shape index (κ1) is 17.7. The fraction of sp³-hybridized carbons (Fsp3) is 0.278. The molecule has 1 aromatic carbocycles. The topological polar surface area (TPSA) is 57.9 Å². The van der Waals surface area contributed by atoms with Crippen LogP contribution in [0.3, 0.4) is 0 Å². The van der Waals surface area contributed by atoms with Crippen molar-refractivity contribution in [2.75, 3.05) is 26.2 Å². The lowest BCUT2D eigenvalue weighted by Gasteiger charge is -2.34. The molecule has 140 valence electrons. The van der Waals surface area contributed by atoms with Crippen LogP contribution in [0.5, 0.6) is 0 Å². The highest BCUT2D eigenvalue weighted by molar-refractivity contribution is 7.15. The fourth-order valence-electron chi connectivity index (χ4n) is 3.12. The summed E-state index contributed by atoms with van der Waals surface area (Å²) in [6.07, 6.45) is 1.70. The number of carbonyl (C=O) groups excluding carboxylic acids is 1. The molecule has 3 heterocycles. The minimum absolute atomic E-state index is 0.108. The van der Waals surface area contributed by atoms with E-state index in [1.165, 1.54) is 27.9 Å². The smallest absolute Gasteiger partial charge is 0.258 e. The van der Waals surface area contributed by atoms with Crippen LogP contribution in [0, 0.1) is 11.6 Å². The molecule has 0 N–H and O–H groups in total. The first-order valence-corrected chi connectivity index (χ1v) is 9.32. The van der Waals surface area contributed by atoms with Gasteiger partial charge in [0.15, 0.2) is 16.6 Å². The Hall–Kier alpha value is -2.65. The highest BCUT2D eigenvalue weighted by atomic mass is 32.1. The molecule has 0 atom stereocenters. The lowest BCUT2D eigenvalue weighted by atomic mass is 10.1. The lowest BCUT2D eigenvalue weighted by Crippen LogP contribution is -2.48. The average molecular weight is 390 g/mol. The largest absolute Gasteiger partial charge is 0.336 e. The van der Waals surface area contributed by atoms with Gasteiger partial charge in [0.05, 0.1) is 5.69 Å². The molecule has 0 radical (unpaired) electrons. The summed E-state index contributed by atoms with van der Waals surface area (Å²) in [6, 6.07) is 4.71. The van der Waals surface area contributed by atoms with Gasteiger partial charge in [0.25, 0.3) is 11.5 Å². The maximum atomic E-state index is 13.3. The molecule has 0 bridgehead atoms. The van der Waals surface area contributed by atoms with E-state index in [-0.39, 0.29) is 17.0 Å². The van der Waals surface area contributed by atoms with Crippen molar-refractivity contribution in [3.63, 3.8) is 0 Å². The van der Waals surface area contributed by atoms with Gasteiger partial charge in [0, 0.05) is 55.9 Å². The third-order valence-electron chi connectivity index (χ3n) is 4.57. The van der Waals surface area contributed by atoms with E-state index >= 15 is 0 Å². The maximum absolute atomic E-state index is 13.3. The normalized spacial score (nSPS) is 15.4. The van der Waals surface area contributed by atoms with Crippen molar-refractivity contribution >= 4 is 22.2 Å². The number of hydrogen-bond acceptors (Lipinski definition) is 5. The number of nitrogens with zero attached hydrogens (tertiary/aromatic N) is 4. The van der Waals surface area contributed by atoms with Crippen molar-refractivity contribution in [2.24, 2.45) is 0 Å². The van der Waals surface area contributed by atoms with Crippen molar-refractivity contribution in [3.8, 4) is 0 Å². The average Bonchev–Trinajstić information content (AvgIpc) is 3.13. The van der Waals surface area contributed by atoms with Gasteiger partial charge in [-0.2, -0.15) is 0 Å². The van der Waals surface area contributed by atoms with Gasteiger partial charge in [-0.15, -0.1) is 11.3 Å². The van der Waals surface area contributed by atoms with Crippen LogP contribution in [0.25, 0.3) is 4.96 Å². The van der Waals surface area contributed by atoms with Gasteiger partial charge >= 0.3 is 0 Å². The number of fused-ring (bicyclic) bond motifs is 1. The molecule has 0 saturated carbocycles. The molecule has 9 heteroatoms. The summed E-state index contributed by atoms with van der Waals surface area (Å²) < 4.78 is 27.9. The molecule has 4 rings (SSSR count). The standard InChI is InChI=1S/C18H16F2N4O2S/c19-14-2-1-12(9-15(14)20)17(26)23-5-3-22(4-6-23)11-13-10-16(25)24-7-8-27-18(24)21-13/h1-2,7-10H,3-6,11H2. The Bertz CT molecular complexity index is 1060. The molecule has 0 spiro atoms. The van der Waals surface area contributed by atoms with Crippen LogP contribution in [0.4, 0.5) is 8.78 Å². The molecular weight excluding hydrogens is 374 g/mol. The Morgan fingerprint density at radius 3 is 2.63 bits per heavy atom.